The zero-order chi connectivity index (χ0) is 13.2. The first-order chi connectivity index (χ1) is 8.49. The lowest BCUT2D eigenvalue weighted by Crippen LogP contribution is -2.53. The molecular weight excluding hydrogens is 227 g/mol. The van der Waals surface area contributed by atoms with Gasteiger partial charge in [-0.25, -0.2) is 4.39 Å². The predicted octanol–water partition coefficient (Wildman–Crippen LogP) is 2.65. The lowest BCUT2D eigenvalue weighted by molar-refractivity contribution is 0.0954. The van der Waals surface area contributed by atoms with Gasteiger partial charge in [0.1, 0.15) is 5.82 Å². The van der Waals surface area contributed by atoms with E-state index in [1.54, 1.807) is 6.07 Å². The lowest BCUT2D eigenvalue weighted by Gasteiger charge is -2.43. The Balaban J connectivity index is 1.96. The second-order valence-corrected chi connectivity index (χ2v) is 6.04. The molecule has 0 spiro atoms. The predicted molar refractivity (Wildman–Crippen MR) is 72.9 cm³/mol. The van der Waals surface area contributed by atoms with Crippen LogP contribution in [0.3, 0.4) is 0 Å². The molecule has 1 aliphatic rings. The first-order valence-corrected chi connectivity index (χ1v) is 6.64. The molecule has 1 fully saturated rings. The fourth-order valence-corrected chi connectivity index (χ4v) is 2.88. The van der Waals surface area contributed by atoms with Gasteiger partial charge in [-0.2, -0.15) is 0 Å². The number of benzene rings is 1. The molecule has 0 saturated carbocycles. The Labute approximate surface area is 109 Å². The van der Waals surface area contributed by atoms with Crippen molar-refractivity contribution >= 4 is 0 Å². The van der Waals surface area contributed by atoms with Gasteiger partial charge in [0.2, 0.25) is 0 Å². The summed E-state index contributed by atoms with van der Waals surface area (Å²) < 4.78 is 13.6. The molecule has 1 aromatic rings. The van der Waals surface area contributed by atoms with Crippen LogP contribution >= 0.6 is 0 Å². The smallest absolute Gasteiger partial charge is 0.127 e. The monoisotopic (exact) mass is 250 g/mol. The normalized spacial score (nSPS) is 24.1. The first-order valence-electron chi connectivity index (χ1n) is 6.64. The molecule has 0 aromatic heterocycles. The third-order valence-corrected chi connectivity index (χ3v) is 3.92. The molecule has 0 aliphatic carbocycles. The second-order valence-electron chi connectivity index (χ2n) is 6.04. The van der Waals surface area contributed by atoms with Crippen LogP contribution in [-0.4, -0.2) is 31.1 Å². The number of hydrogen-bond acceptors (Lipinski definition) is 2. The largest absolute Gasteiger partial charge is 0.309 e. The minimum absolute atomic E-state index is 0.115. The van der Waals surface area contributed by atoms with Crippen LogP contribution in [0.15, 0.2) is 24.3 Å². The lowest BCUT2D eigenvalue weighted by atomic mass is 9.79. The van der Waals surface area contributed by atoms with Gasteiger partial charge < -0.3 is 10.2 Å². The topological polar surface area (TPSA) is 15.3 Å². The Kier molecular flexibility index (Phi) is 4.03. The first kappa shape index (κ1) is 13.5. The van der Waals surface area contributed by atoms with Gasteiger partial charge >= 0.3 is 0 Å². The number of rotatable bonds is 3. The summed E-state index contributed by atoms with van der Waals surface area (Å²) in [6.07, 6.45) is 1.12. The van der Waals surface area contributed by atoms with Crippen molar-refractivity contribution in [1.29, 1.82) is 0 Å². The molecule has 2 rings (SSSR count). The zero-order valence-corrected chi connectivity index (χ0v) is 11.5. The summed E-state index contributed by atoms with van der Waals surface area (Å²) in [5, 5.41) is 3.52. The fraction of sp³-hybridized carbons (Fsp3) is 0.600. The maximum Gasteiger partial charge on any atom is 0.127 e. The summed E-state index contributed by atoms with van der Waals surface area (Å²) in [4.78, 5) is 2.36. The fourth-order valence-electron chi connectivity index (χ4n) is 2.88. The quantitative estimate of drug-likeness (QED) is 0.887. The summed E-state index contributed by atoms with van der Waals surface area (Å²) in [5.74, 6) is -0.115. The summed E-state index contributed by atoms with van der Waals surface area (Å²) in [7, 11) is 2.16. The molecule has 1 unspecified atom stereocenters. The van der Waals surface area contributed by atoms with E-state index in [-0.39, 0.29) is 11.2 Å². The molecule has 1 N–H and O–H groups in total. The van der Waals surface area contributed by atoms with E-state index in [0.717, 1.165) is 25.1 Å². The number of nitrogens with one attached hydrogen (secondary N) is 1. The van der Waals surface area contributed by atoms with Crippen LogP contribution in [0.1, 0.15) is 25.8 Å². The molecule has 1 atom stereocenters. The number of nitrogens with zero attached hydrogens (tertiary/aromatic N) is 1. The van der Waals surface area contributed by atoms with E-state index in [1.165, 1.54) is 6.07 Å². The van der Waals surface area contributed by atoms with Crippen molar-refractivity contribution in [2.45, 2.75) is 32.9 Å². The van der Waals surface area contributed by atoms with Crippen molar-refractivity contribution in [3.63, 3.8) is 0 Å². The molecule has 100 valence electrons. The standard InChI is InChI=1S/C15H23FN2/c1-15(2)11-18(3)9-8-14(15)17-10-12-6-4-5-7-13(12)16/h4-7,14,17H,8-11H2,1-3H3. The molecule has 2 nitrogen and oxygen atoms in total. The minimum Gasteiger partial charge on any atom is -0.309 e. The van der Waals surface area contributed by atoms with E-state index >= 15 is 0 Å². The van der Waals surface area contributed by atoms with Gasteiger partial charge in [-0.05, 0) is 31.5 Å². The van der Waals surface area contributed by atoms with E-state index in [4.69, 9.17) is 0 Å². The molecule has 3 heteroatoms. The maximum atomic E-state index is 13.6. The number of halogens is 1. The molecule has 1 aliphatic heterocycles. The van der Waals surface area contributed by atoms with E-state index in [9.17, 15) is 4.39 Å². The van der Waals surface area contributed by atoms with E-state index in [2.05, 4.69) is 31.1 Å². The highest BCUT2D eigenvalue weighted by Crippen LogP contribution is 2.28. The van der Waals surface area contributed by atoms with E-state index in [1.807, 2.05) is 12.1 Å². The highest BCUT2D eigenvalue weighted by Gasteiger charge is 2.34. The number of hydrogen-bond donors (Lipinski definition) is 1. The van der Waals surface area contributed by atoms with Gasteiger partial charge in [0.05, 0.1) is 0 Å². The summed E-state index contributed by atoms with van der Waals surface area (Å²) in [6, 6.07) is 7.45. The van der Waals surface area contributed by atoms with E-state index in [0.29, 0.717) is 12.6 Å². The third kappa shape index (κ3) is 3.09. The molecule has 1 aromatic carbocycles. The van der Waals surface area contributed by atoms with Gasteiger partial charge in [0.25, 0.3) is 0 Å². The molecule has 0 bridgehead atoms. The van der Waals surface area contributed by atoms with Crippen molar-refractivity contribution in [2.75, 3.05) is 20.1 Å². The molecular formula is C15H23FN2. The van der Waals surface area contributed by atoms with Crippen LogP contribution in [-0.2, 0) is 6.54 Å². The summed E-state index contributed by atoms with van der Waals surface area (Å²) in [5.41, 5.74) is 0.991. The number of likely N-dealkylation sites (tertiary alicyclic amines) is 1. The van der Waals surface area contributed by atoms with Crippen LogP contribution in [0.5, 0.6) is 0 Å². The van der Waals surface area contributed by atoms with Crippen LogP contribution in [0.25, 0.3) is 0 Å². The Bertz CT molecular complexity index is 403. The molecule has 18 heavy (non-hydrogen) atoms. The van der Waals surface area contributed by atoms with Crippen LogP contribution in [0, 0.1) is 11.2 Å². The zero-order valence-electron chi connectivity index (χ0n) is 11.5. The summed E-state index contributed by atoms with van der Waals surface area (Å²) >= 11 is 0. The van der Waals surface area contributed by atoms with Gasteiger partial charge in [0, 0.05) is 24.7 Å². The molecule has 0 amide bonds. The molecule has 1 saturated heterocycles. The van der Waals surface area contributed by atoms with Gasteiger partial charge in [-0.1, -0.05) is 32.0 Å². The average molecular weight is 250 g/mol. The van der Waals surface area contributed by atoms with Crippen molar-refractivity contribution in [3.8, 4) is 0 Å². The average Bonchev–Trinajstić information content (AvgIpc) is 2.29. The SMILES string of the molecule is CN1CCC(NCc2ccccc2F)C(C)(C)C1. The minimum atomic E-state index is -0.115. The van der Waals surface area contributed by atoms with Crippen molar-refractivity contribution in [1.82, 2.24) is 10.2 Å². The van der Waals surface area contributed by atoms with Gasteiger partial charge in [0.15, 0.2) is 0 Å². The van der Waals surface area contributed by atoms with Crippen LogP contribution in [0.4, 0.5) is 4.39 Å². The highest BCUT2D eigenvalue weighted by atomic mass is 19.1. The van der Waals surface area contributed by atoms with Crippen LogP contribution in [0.2, 0.25) is 0 Å². The van der Waals surface area contributed by atoms with Crippen molar-refractivity contribution < 1.29 is 4.39 Å². The van der Waals surface area contributed by atoms with Crippen LogP contribution < -0.4 is 5.32 Å². The van der Waals surface area contributed by atoms with Gasteiger partial charge in [-0.3, -0.25) is 0 Å². The Morgan fingerprint density at radius 2 is 2.11 bits per heavy atom. The molecule has 0 radical (unpaired) electrons. The third-order valence-electron chi connectivity index (χ3n) is 3.92. The molecule has 1 heterocycles. The Morgan fingerprint density at radius 1 is 1.39 bits per heavy atom. The second kappa shape index (κ2) is 5.37. The van der Waals surface area contributed by atoms with Gasteiger partial charge in [-0.15, -0.1) is 0 Å². The highest BCUT2D eigenvalue weighted by molar-refractivity contribution is 5.17. The van der Waals surface area contributed by atoms with Crippen molar-refractivity contribution in [2.24, 2.45) is 5.41 Å². The Hall–Kier alpha value is -0.930. The Morgan fingerprint density at radius 3 is 2.78 bits per heavy atom. The van der Waals surface area contributed by atoms with Crippen molar-refractivity contribution in [3.05, 3.63) is 35.6 Å². The maximum absolute atomic E-state index is 13.6. The number of piperidine rings is 1. The summed E-state index contributed by atoms with van der Waals surface area (Å²) in [6.45, 7) is 7.37. The van der Waals surface area contributed by atoms with E-state index < -0.39 is 0 Å².